The normalized spacial score (nSPS) is 11.7. The summed E-state index contributed by atoms with van der Waals surface area (Å²) in [7, 11) is 0. The first-order valence-corrected chi connectivity index (χ1v) is 14.8. The molecule has 4 rings (SSSR count). The molecule has 0 aliphatic heterocycles. The Kier molecular flexibility index (Phi) is 10.9. The molecular formula is C32H31BrCl2N2O3. The van der Waals surface area contributed by atoms with E-state index in [4.69, 9.17) is 27.9 Å². The molecule has 0 spiro atoms. The Morgan fingerprint density at radius 2 is 1.73 bits per heavy atom. The molecule has 0 aliphatic rings. The van der Waals surface area contributed by atoms with E-state index in [-0.39, 0.29) is 25.0 Å². The molecule has 4 aromatic carbocycles. The number of benzene rings is 4. The first-order valence-electron chi connectivity index (χ1n) is 13.2. The minimum atomic E-state index is -0.776. The van der Waals surface area contributed by atoms with Crippen LogP contribution < -0.4 is 10.1 Å². The fourth-order valence-corrected chi connectivity index (χ4v) is 5.52. The zero-order valence-electron chi connectivity index (χ0n) is 22.2. The summed E-state index contributed by atoms with van der Waals surface area (Å²) in [5.41, 5.74) is 1.63. The van der Waals surface area contributed by atoms with Gasteiger partial charge in [0.2, 0.25) is 5.91 Å². The molecule has 5 nitrogen and oxygen atoms in total. The second kappa shape index (κ2) is 14.5. The summed E-state index contributed by atoms with van der Waals surface area (Å²) in [6.07, 6.45) is 2.14. The highest BCUT2D eigenvalue weighted by Crippen LogP contribution is 2.33. The van der Waals surface area contributed by atoms with Gasteiger partial charge in [-0.2, -0.15) is 0 Å². The first-order chi connectivity index (χ1) is 19.4. The van der Waals surface area contributed by atoms with Crippen LogP contribution in [0.4, 0.5) is 0 Å². The Morgan fingerprint density at radius 3 is 2.48 bits per heavy atom. The summed E-state index contributed by atoms with van der Waals surface area (Å²) in [5, 5.41) is 5.97. The molecule has 208 valence electrons. The van der Waals surface area contributed by atoms with Crippen molar-refractivity contribution in [3.05, 3.63) is 111 Å². The molecule has 0 aliphatic carbocycles. The zero-order chi connectivity index (χ0) is 28.5. The van der Waals surface area contributed by atoms with Crippen LogP contribution in [0.2, 0.25) is 10.0 Å². The van der Waals surface area contributed by atoms with Crippen LogP contribution in [0, 0.1) is 0 Å². The number of rotatable bonds is 12. The van der Waals surface area contributed by atoms with Crippen molar-refractivity contribution in [1.29, 1.82) is 0 Å². The highest BCUT2D eigenvalue weighted by Gasteiger charge is 2.31. The second-order valence-corrected chi connectivity index (χ2v) is 11.1. The molecule has 0 aromatic heterocycles. The number of hydrogen-bond acceptors (Lipinski definition) is 3. The van der Waals surface area contributed by atoms with Crippen LogP contribution in [0.3, 0.4) is 0 Å². The van der Waals surface area contributed by atoms with E-state index in [1.165, 1.54) is 0 Å². The molecule has 0 fully saturated rings. The van der Waals surface area contributed by atoms with Crippen LogP contribution in [-0.4, -0.2) is 35.9 Å². The topological polar surface area (TPSA) is 58.6 Å². The Labute approximate surface area is 253 Å². The molecule has 2 amide bonds. The van der Waals surface area contributed by atoms with Crippen LogP contribution in [0.5, 0.6) is 5.75 Å². The fourth-order valence-electron chi connectivity index (χ4n) is 4.44. The van der Waals surface area contributed by atoms with Crippen molar-refractivity contribution in [2.75, 3.05) is 13.2 Å². The summed E-state index contributed by atoms with van der Waals surface area (Å²) in [6.45, 7) is 2.46. The van der Waals surface area contributed by atoms with Gasteiger partial charge < -0.3 is 15.0 Å². The van der Waals surface area contributed by atoms with Gasteiger partial charge in [0.15, 0.2) is 6.61 Å². The lowest BCUT2D eigenvalue weighted by Crippen LogP contribution is -2.51. The van der Waals surface area contributed by atoms with Gasteiger partial charge in [-0.15, -0.1) is 0 Å². The third-order valence-electron chi connectivity index (χ3n) is 6.64. The van der Waals surface area contributed by atoms with Crippen LogP contribution in [-0.2, 0) is 22.6 Å². The number of nitrogens with zero attached hydrogens (tertiary/aromatic N) is 1. The highest BCUT2D eigenvalue weighted by molar-refractivity contribution is 9.10. The molecule has 0 unspecified atom stereocenters. The largest absolute Gasteiger partial charge is 0.483 e. The summed E-state index contributed by atoms with van der Waals surface area (Å²) in [5.74, 6) is -0.0104. The molecule has 4 aromatic rings. The van der Waals surface area contributed by atoms with Gasteiger partial charge in [0, 0.05) is 29.6 Å². The van der Waals surface area contributed by atoms with E-state index in [2.05, 4.69) is 28.2 Å². The number of carbonyl (C=O) groups excluding carboxylic acids is 2. The van der Waals surface area contributed by atoms with Gasteiger partial charge in [-0.1, -0.05) is 103 Å². The monoisotopic (exact) mass is 640 g/mol. The number of carbonyl (C=O) groups is 2. The number of nitrogens with one attached hydrogen (secondary N) is 1. The van der Waals surface area contributed by atoms with Crippen molar-refractivity contribution >= 4 is 61.7 Å². The van der Waals surface area contributed by atoms with E-state index in [1.54, 1.807) is 23.1 Å². The van der Waals surface area contributed by atoms with Crippen molar-refractivity contribution in [2.24, 2.45) is 0 Å². The van der Waals surface area contributed by atoms with Crippen LogP contribution in [0.1, 0.15) is 30.9 Å². The van der Waals surface area contributed by atoms with E-state index in [9.17, 15) is 9.59 Å². The number of halogens is 3. The van der Waals surface area contributed by atoms with Gasteiger partial charge in [-0.05, 0) is 62.4 Å². The van der Waals surface area contributed by atoms with Gasteiger partial charge in [-0.3, -0.25) is 9.59 Å². The SMILES string of the molecule is CCCCNC(=O)[C@H](Cc1ccccc1)N(Cc1ccc(Cl)cc1Cl)C(=O)COc1ccc2ccccc2c1Br. The van der Waals surface area contributed by atoms with E-state index >= 15 is 0 Å². The van der Waals surface area contributed by atoms with Crippen LogP contribution in [0.25, 0.3) is 10.8 Å². The molecule has 1 N–H and O–H groups in total. The van der Waals surface area contributed by atoms with Gasteiger partial charge in [0.1, 0.15) is 11.8 Å². The lowest BCUT2D eigenvalue weighted by atomic mass is 10.0. The standard InChI is InChI=1S/C32H31BrCl2N2O3/c1-2-3-17-36-32(39)28(18-22-9-5-4-6-10-22)37(20-24-13-15-25(34)19-27(24)35)30(38)21-40-29-16-14-23-11-7-8-12-26(23)31(29)33/h4-16,19,28H,2-3,17-18,20-21H2,1H3,(H,36,39)/t28-/m0/s1. The molecule has 0 heterocycles. The van der Waals surface area contributed by atoms with E-state index in [0.29, 0.717) is 34.3 Å². The summed E-state index contributed by atoms with van der Waals surface area (Å²) in [6, 6.07) is 25.7. The Morgan fingerprint density at radius 1 is 0.975 bits per heavy atom. The second-order valence-electron chi connectivity index (χ2n) is 9.49. The minimum Gasteiger partial charge on any atom is -0.483 e. The third kappa shape index (κ3) is 7.78. The van der Waals surface area contributed by atoms with Gasteiger partial charge >= 0.3 is 0 Å². The fraction of sp³-hybridized carbons (Fsp3) is 0.250. The van der Waals surface area contributed by atoms with Gasteiger partial charge in [0.05, 0.1) is 4.47 Å². The molecule has 0 radical (unpaired) electrons. The molecular weight excluding hydrogens is 611 g/mol. The van der Waals surface area contributed by atoms with Gasteiger partial charge in [0.25, 0.3) is 5.91 Å². The predicted octanol–water partition coefficient (Wildman–Crippen LogP) is 7.84. The van der Waals surface area contributed by atoms with E-state index in [1.807, 2.05) is 66.7 Å². The maximum absolute atomic E-state index is 13.9. The van der Waals surface area contributed by atoms with Crippen molar-refractivity contribution in [3.63, 3.8) is 0 Å². The van der Waals surface area contributed by atoms with Gasteiger partial charge in [-0.25, -0.2) is 0 Å². The quantitative estimate of drug-likeness (QED) is 0.160. The number of unbranched alkanes of at least 4 members (excludes halogenated alkanes) is 1. The Bertz CT molecular complexity index is 1470. The average molecular weight is 642 g/mol. The summed E-state index contributed by atoms with van der Waals surface area (Å²) >= 11 is 16.3. The van der Waals surface area contributed by atoms with Crippen molar-refractivity contribution < 1.29 is 14.3 Å². The maximum Gasteiger partial charge on any atom is 0.261 e. The molecule has 0 saturated carbocycles. The minimum absolute atomic E-state index is 0.121. The predicted molar refractivity (Wildman–Crippen MR) is 166 cm³/mol. The first kappa shape index (κ1) is 29.9. The molecule has 1 atom stereocenters. The molecule has 0 saturated heterocycles. The smallest absolute Gasteiger partial charge is 0.261 e. The molecule has 0 bridgehead atoms. The number of fused-ring (bicyclic) bond motifs is 1. The average Bonchev–Trinajstić information content (AvgIpc) is 2.96. The van der Waals surface area contributed by atoms with Crippen LogP contribution in [0.15, 0.2) is 89.4 Å². The van der Waals surface area contributed by atoms with Crippen molar-refractivity contribution in [3.8, 4) is 5.75 Å². The maximum atomic E-state index is 13.9. The highest BCUT2D eigenvalue weighted by atomic mass is 79.9. The van der Waals surface area contributed by atoms with Crippen molar-refractivity contribution in [1.82, 2.24) is 10.2 Å². The lowest BCUT2D eigenvalue weighted by Gasteiger charge is -2.32. The van der Waals surface area contributed by atoms with E-state index in [0.717, 1.165) is 33.7 Å². The number of ether oxygens (including phenoxy) is 1. The summed E-state index contributed by atoms with van der Waals surface area (Å²) < 4.78 is 6.80. The number of hydrogen-bond donors (Lipinski definition) is 1. The van der Waals surface area contributed by atoms with Crippen molar-refractivity contribution in [2.45, 2.75) is 38.8 Å². The van der Waals surface area contributed by atoms with E-state index < -0.39 is 6.04 Å². The number of amides is 2. The molecule has 40 heavy (non-hydrogen) atoms. The zero-order valence-corrected chi connectivity index (χ0v) is 25.3. The summed E-state index contributed by atoms with van der Waals surface area (Å²) in [4.78, 5) is 29.0. The Hall–Kier alpha value is -3.06. The Balaban J connectivity index is 1.64. The lowest BCUT2D eigenvalue weighted by molar-refractivity contribution is -0.142. The third-order valence-corrected chi connectivity index (χ3v) is 8.04. The van der Waals surface area contributed by atoms with Crippen LogP contribution >= 0.6 is 39.1 Å². The molecule has 8 heteroatoms.